The molecule has 0 saturated heterocycles. The van der Waals surface area contributed by atoms with Gasteiger partial charge in [0.25, 0.3) is 0 Å². The second-order valence-corrected chi connectivity index (χ2v) is 6.05. The minimum absolute atomic E-state index is 0.225. The molecule has 0 unspecified atom stereocenters. The minimum atomic E-state index is -0.580. The number of carbonyl (C=O) groups excluding carboxylic acids is 2. The molecule has 2 aromatic rings. The third kappa shape index (κ3) is 4.42. The molecule has 0 aliphatic rings. The Balaban J connectivity index is 2.10. The lowest BCUT2D eigenvalue weighted by molar-refractivity contribution is 0.0474. The fraction of sp³-hybridized carbons (Fsp3) is 0.333. The number of esters is 1. The molecule has 2 aromatic carbocycles. The molecule has 0 spiro atoms. The Morgan fingerprint density at radius 1 is 0.923 bits per heavy atom. The molecule has 0 bridgehead atoms. The van der Waals surface area contributed by atoms with E-state index in [2.05, 4.69) is 0 Å². The van der Waals surface area contributed by atoms with Crippen molar-refractivity contribution in [3.05, 3.63) is 58.1 Å². The smallest absolute Gasteiger partial charge is 0.338 e. The van der Waals surface area contributed by atoms with Crippen LogP contribution in [0.15, 0.2) is 30.3 Å². The van der Waals surface area contributed by atoms with E-state index in [4.69, 9.17) is 14.2 Å². The molecule has 5 nitrogen and oxygen atoms in total. The number of hydrogen-bond donors (Lipinski definition) is 0. The van der Waals surface area contributed by atoms with E-state index in [0.29, 0.717) is 29.2 Å². The molecule has 0 amide bonds. The molecule has 0 saturated carbocycles. The number of methoxy groups -OCH3 is 1. The summed E-state index contributed by atoms with van der Waals surface area (Å²) in [7, 11) is 1.53. The van der Waals surface area contributed by atoms with Gasteiger partial charge >= 0.3 is 5.97 Å². The van der Waals surface area contributed by atoms with E-state index < -0.39 is 5.97 Å². The zero-order valence-electron chi connectivity index (χ0n) is 15.8. The summed E-state index contributed by atoms with van der Waals surface area (Å²) in [6.45, 7) is 7.80. The Bertz CT molecular complexity index is 823. The molecule has 0 fully saturated rings. The predicted molar refractivity (Wildman–Crippen MR) is 99.4 cm³/mol. The molecule has 0 aromatic heterocycles. The van der Waals surface area contributed by atoms with Gasteiger partial charge in [0.05, 0.1) is 19.3 Å². The summed E-state index contributed by atoms with van der Waals surface area (Å²) in [5.41, 5.74) is 3.90. The number of ketones is 1. The third-order valence-electron chi connectivity index (χ3n) is 4.17. The van der Waals surface area contributed by atoms with E-state index in [1.807, 2.05) is 39.8 Å². The number of rotatable bonds is 7. The van der Waals surface area contributed by atoms with Crippen LogP contribution in [0.3, 0.4) is 0 Å². The topological polar surface area (TPSA) is 61.8 Å². The van der Waals surface area contributed by atoms with Crippen LogP contribution in [0.25, 0.3) is 0 Å². The number of aryl methyl sites for hydroxylation is 3. The van der Waals surface area contributed by atoms with Gasteiger partial charge in [-0.15, -0.1) is 0 Å². The van der Waals surface area contributed by atoms with Gasteiger partial charge in [0.1, 0.15) is 0 Å². The lowest BCUT2D eigenvalue weighted by Crippen LogP contribution is -2.15. The van der Waals surface area contributed by atoms with Crippen molar-refractivity contribution in [2.75, 3.05) is 20.3 Å². The first kappa shape index (κ1) is 19.5. The maximum Gasteiger partial charge on any atom is 0.338 e. The average molecular weight is 356 g/mol. The summed E-state index contributed by atoms with van der Waals surface area (Å²) in [5.74, 6) is 0.187. The van der Waals surface area contributed by atoms with Crippen LogP contribution in [0, 0.1) is 20.8 Å². The highest BCUT2D eigenvalue weighted by Crippen LogP contribution is 2.28. The van der Waals surface area contributed by atoms with Crippen LogP contribution in [-0.4, -0.2) is 32.1 Å². The molecule has 0 radical (unpaired) electrons. The van der Waals surface area contributed by atoms with Gasteiger partial charge < -0.3 is 14.2 Å². The van der Waals surface area contributed by atoms with Crippen LogP contribution < -0.4 is 9.47 Å². The summed E-state index contributed by atoms with van der Waals surface area (Å²) in [6, 6.07) is 8.56. The summed E-state index contributed by atoms with van der Waals surface area (Å²) in [4.78, 5) is 24.7. The second-order valence-electron chi connectivity index (χ2n) is 6.05. The zero-order valence-corrected chi connectivity index (χ0v) is 15.8. The normalized spacial score (nSPS) is 10.3. The van der Waals surface area contributed by atoms with Gasteiger partial charge in [-0.3, -0.25) is 4.79 Å². The summed E-state index contributed by atoms with van der Waals surface area (Å²) < 4.78 is 15.8. The van der Waals surface area contributed by atoms with Gasteiger partial charge in [-0.2, -0.15) is 0 Å². The van der Waals surface area contributed by atoms with Crippen molar-refractivity contribution in [3.63, 3.8) is 0 Å². The number of carbonyl (C=O) groups is 2. The zero-order chi connectivity index (χ0) is 19.3. The molecular weight excluding hydrogens is 332 g/mol. The molecule has 0 atom stereocenters. The van der Waals surface area contributed by atoms with E-state index in [1.54, 1.807) is 18.2 Å². The molecule has 0 aliphatic carbocycles. The Hall–Kier alpha value is -2.82. The van der Waals surface area contributed by atoms with Gasteiger partial charge in [-0.05, 0) is 68.7 Å². The molecule has 0 N–H and O–H groups in total. The van der Waals surface area contributed by atoms with Gasteiger partial charge in [-0.1, -0.05) is 6.07 Å². The lowest BCUT2D eigenvalue weighted by Gasteiger charge is -2.12. The van der Waals surface area contributed by atoms with E-state index in [9.17, 15) is 9.59 Å². The van der Waals surface area contributed by atoms with Gasteiger partial charge in [-0.25, -0.2) is 4.79 Å². The molecule has 26 heavy (non-hydrogen) atoms. The van der Waals surface area contributed by atoms with Crippen molar-refractivity contribution in [2.45, 2.75) is 27.7 Å². The van der Waals surface area contributed by atoms with E-state index in [1.165, 1.54) is 7.11 Å². The molecule has 0 aliphatic heterocycles. The fourth-order valence-electron chi connectivity index (χ4n) is 2.63. The van der Waals surface area contributed by atoms with Gasteiger partial charge in [0, 0.05) is 5.56 Å². The van der Waals surface area contributed by atoms with Crippen LogP contribution in [-0.2, 0) is 4.74 Å². The summed E-state index contributed by atoms with van der Waals surface area (Å²) >= 11 is 0. The molecule has 138 valence electrons. The average Bonchev–Trinajstić information content (AvgIpc) is 2.62. The van der Waals surface area contributed by atoms with Gasteiger partial charge in [0.2, 0.25) is 5.78 Å². The van der Waals surface area contributed by atoms with Crippen LogP contribution in [0.4, 0.5) is 0 Å². The second kappa shape index (κ2) is 8.52. The van der Waals surface area contributed by atoms with Crippen molar-refractivity contribution in [1.29, 1.82) is 0 Å². The van der Waals surface area contributed by atoms with E-state index in [0.717, 1.165) is 16.7 Å². The van der Waals surface area contributed by atoms with Crippen molar-refractivity contribution in [1.82, 2.24) is 0 Å². The highest BCUT2D eigenvalue weighted by atomic mass is 16.5. The van der Waals surface area contributed by atoms with Crippen molar-refractivity contribution in [2.24, 2.45) is 0 Å². The Labute approximate surface area is 153 Å². The quantitative estimate of drug-likeness (QED) is 0.553. The largest absolute Gasteiger partial charge is 0.493 e. The first-order chi connectivity index (χ1) is 12.4. The standard InChI is InChI=1S/C21H24O5/c1-6-25-20-11-16(7-8-19(20)24-5)21(23)26-12-18(22)17-10-14(3)13(2)9-15(17)4/h7-11H,6,12H2,1-5H3. The maximum atomic E-state index is 12.4. The molecule has 2 rings (SSSR count). The van der Waals surface area contributed by atoms with Gasteiger partial charge in [0.15, 0.2) is 18.1 Å². The summed E-state index contributed by atoms with van der Waals surface area (Å²) in [6.07, 6.45) is 0. The molecular formula is C21H24O5. The highest BCUT2D eigenvalue weighted by molar-refractivity contribution is 6.00. The van der Waals surface area contributed by atoms with Crippen LogP contribution >= 0.6 is 0 Å². The monoisotopic (exact) mass is 356 g/mol. The number of benzene rings is 2. The first-order valence-corrected chi connectivity index (χ1v) is 8.46. The maximum absolute atomic E-state index is 12.4. The SMILES string of the molecule is CCOc1cc(C(=O)OCC(=O)c2cc(C)c(C)cc2C)ccc1OC. The minimum Gasteiger partial charge on any atom is -0.493 e. The first-order valence-electron chi connectivity index (χ1n) is 8.46. The predicted octanol–water partition coefficient (Wildman–Crippen LogP) is 4.06. The Morgan fingerprint density at radius 2 is 1.62 bits per heavy atom. The molecule has 5 heteroatoms. The lowest BCUT2D eigenvalue weighted by atomic mass is 9.98. The summed E-state index contributed by atoms with van der Waals surface area (Å²) in [5, 5.41) is 0. The van der Waals surface area contributed by atoms with Crippen LogP contribution in [0.2, 0.25) is 0 Å². The van der Waals surface area contributed by atoms with Crippen molar-refractivity contribution >= 4 is 11.8 Å². The van der Waals surface area contributed by atoms with Crippen LogP contribution in [0.1, 0.15) is 44.3 Å². The van der Waals surface area contributed by atoms with Crippen molar-refractivity contribution in [3.8, 4) is 11.5 Å². The van der Waals surface area contributed by atoms with E-state index in [-0.39, 0.29) is 12.4 Å². The number of Topliss-reactive ketones (excluding diaryl/α,β-unsaturated/α-hetero) is 1. The van der Waals surface area contributed by atoms with E-state index >= 15 is 0 Å². The van der Waals surface area contributed by atoms with Crippen LogP contribution in [0.5, 0.6) is 11.5 Å². The Morgan fingerprint density at radius 3 is 2.27 bits per heavy atom. The molecule has 0 heterocycles. The fourth-order valence-corrected chi connectivity index (χ4v) is 2.63. The Kier molecular flexibility index (Phi) is 6.39. The third-order valence-corrected chi connectivity index (χ3v) is 4.17. The highest BCUT2D eigenvalue weighted by Gasteiger charge is 2.16. The van der Waals surface area contributed by atoms with Crippen molar-refractivity contribution < 1.29 is 23.8 Å². The number of ether oxygens (including phenoxy) is 3. The number of hydrogen-bond acceptors (Lipinski definition) is 5.